The summed E-state index contributed by atoms with van der Waals surface area (Å²) in [6, 6.07) is 13.9. The number of ether oxygens (including phenoxy) is 1. The molecule has 0 aliphatic rings. The molecule has 4 heteroatoms. The van der Waals surface area contributed by atoms with E-state index in [1.807, 2.05) is 42.5 Å². The number of nitrogens with one attached hydrogen (secondary N) is 1. The van der Waals surface area contributed by atoms with Crippen LogP contribution in [0.3, 0.4) is 0 Å². The molecule has 1 amide bonds. The van der Waals surface area contributed by atoms with Gasteiger partial charge in [0.1, 0.15) is 0 Å². The average molecular weight is 242 g/mol. The lowest BCUT2D eigenvalue weighted by Crippen LogP contribution is -2.18. The van der Waals surface area contributed by atoms with Crippen LogP contribution in [0, 0.1) is 0 Å². The Kier molecular flexibility index (Phi) is 3.91. The Hall–Kier alpha value is -2.36. The van der Waals surface area contributed by atoms with Gasteiger partial charge < -0.3 is 4.74 Å². The van der Waals surface area contributed by atoms with Crippen molar-refractivity contribution in [3.63, 3.8) is 0 Å². The minimum atomic E-state index is -0.547. The fourth-order valence-corrected chi connectivity index (χ4v) is 1.68. The van der Waals surface area contributed by atoms with Crippen molar-refractivity contribution in [1.82, 2.24) is 5.43 Å². The third-order valence-electron chi connectivity index (χ3n) is 2.46. The van der Waals surface area contributed by atoms with Crippen molar-refractivity contribution >= 4 is 23.1 Å². The predicted octanol–water partition coefficient (Wildman–Crippen LogP) is 2.92. The quantitative estimate of drug-likeness (QED) is 0.664. The first-order chi connectivity index (χ1) is 8.81. The van der Waals surface area contributed by atoms with E-state index in [0.717, 1.165) is 16.3 Å². The standard InChI is InChI=1S/C14H14N2O2/c1-2-18-14(17)16-15-10-12-8-5-7-11-6-3-4-9-13(11)12/h3-10H,2H2,1H3,(H,16,17)/b15-10-. The zero-order valence-electron chi connectivity index (χ0n) is 10.1. The lowest BCUT2D eigenvalue weighted by Gasteiger charge is -2.02. The summed E-state index contributed by atoms with van der Waals surface area (Å²) in [5.41, 5.74) is 3.25. The molecule has 0 unspecified atom stereocenters. The van der Waals surface area contributed by atoms with Gasteiger partial charge in [-0.15, -0.1) is 0 Å². The first kappa shape index (κ1) is 12.1. The zero-order chi connectivity index (χ0) is 12.8. The maximum absolute atomic E-state index is 11.0. The topological polar surface area (TPSA) is 50.7 Å². The van der Waals surface area contributed by atoms with E-state index in [0.29, 0.717) is 6.61 Å². The van der Waals surface area contributed by atoms with Gasteiger partial charge in [0.05, 0.1) is 12.8 Å². The molecule has 0 aromatic heterocycles. The van der Waals surface area contributed by atoms with Gasteiger partial charge in [0.15, 0.2) is 0 Å². The molecule has 0 saturated heterocycles. The second kappa shape index (κ2) is 5.82. The highest BCUT2D eigenvalue weighted by atomic mass is 16.5. The number of carbonyl (C=O) groups excluding carboxylic acids is 1. The van der Waals surface area contributed by atoms with E-state index in [2.05, 4.69) is 10.5 Å². The van der Waals surface area contributed by atoms with Crippen LogP contribution in [0.5, 0.6) is 0 Å². The average Bonchev–Trinajstić information content (AvgIpc) is 2.39. The Bertz CT molecular complexity index is 574. The summed E-state index contributed by atoms with van der Waals surface area (Å²) in [6.07, 6.45) is 1.06. The molecule has 0 radical (unpaired) electrons. The van der Waals surface area contributed by atoms with Crippen LogP contribution in [0.1, 0.15) is 12.5 Å². The summed E-state index contributed by atoms with van der Waals surface area (Å²) in [4.78, 5) is 11.0. The Morgan fingerprint density at radius 2 is 2.06 bits per heavy atom. The highest BCUT2D eigenvalue weighted by Crippen LogP contribution is 2.16. The molecule has 0 saturated carbocycles. The van der Waals surface area contributed by atoms with Gasteiger partial charge in [-0.1, -0.05) is 42.5 Å². The maximum Gasteiger partial charge on any atom is 0.427 e. The van der Waals surface area contributed by atoms with E-state index in [-0.39, 0.29) is 0 Å². The van der Waals surface area contributed by atoms with Crippen LogP contribution in [-0.2, 0) is 4.74 Å². The Morgan fingerprint density at radius 1 is 1.28 bits per heavy atom. The van der Waals surface area contributed by atoms with Crippen molar-refractivity contribution in [2.24, 2.45) is 5.10 Å². The van der Waals surface area contributed by atoms with Crippen LogP contribution in [-0.4, -0.2) is 18.9 Å². The fraction of sp³-hybridized carbons (Fsp3) is 0.143. The summed E-state index contributed by atoms with van der Waals surface area (Å²) >= 11 is 0. The fourth-order valence-electron chi connectivity index (χ4n) is 1.68. The zero-order valence-corrected chi connectivity index (χ0v) is 10.1. The van der Waals surface area contributed by atoms with E-state index in [4.69, 9.17) is 4.74 Å². The van der Waals surface area contributed by atoms with E-state index < -0.39 is 6.09 Å². The molecule has 0 aliphatic carbocycles. The van der Waals surface area contributed by atoms with Crippen LogP contribution in [0.15, 0.2) is 47.6 Å². The molecule has 92 valence electrons. The normalized spacial score (nSPS) is 10.7. The summed E-state index contributed by atoms with van der Waals surface area (Å²) in [5.74, 6) is 0. The second-order valence-electron chi connectivity index (χ2n) is 3.66. The van der Waals surface area contributed by atoms with Crippen molar-refractivity contribution in [1.29, 1.82) is 0 Å². The van der Waals surface area contributed by atoms with E-state index in [1.165, 1.54) is 0 Å². The monoisotopic (exact) mass is 242 g/mol. The summed E-state index contributed by atoms with van der Waals surface area (Å²) in [6.45, 7) is 2.07. The van der Waals surface area contributed by atoms with Gasteiger partial charge in [-0.2, -0.15) is 5.10 Å². The van der Waals surface area contributed by atoms with Crippen LogP contribution in [0.2, 0.25) is 0 Å². The molecule has 2 aromatic rings. The van der Waals surface area contributed by atoms with Gasteiger partial charge in [-0.3, -0.25) is 0 Å². The molecule has 0 heterocycles. The van der Waals surface area contributed by atoms with E-state index in [1.54, 1.807) is 13.1 Å². The van der Waals surface area contributed by atoms with E-state index in [9.17, 15) is 4.79 Å². The summed E-state index contributed by atoms with van der Waals surface area (Å²) in [5, 5.41) is 6.09. The number of hydrogen-bond acceptors (Lipinski definition) is 3. The van der Waals surface area contributed by atoms with Crippen molar-refractivity contribution in [3.8, 4) is 0 Å². The third-order valence-corrected chi connectivity index (χ3v) is 2.46. The van der Waals surface area contributed by atoms with Gasteiger partial charge in [-0.25, -0.2) is 10.2 Å². The number of amides is 1. The van der Waals surface area contributed by atoms with E-state index >= 15 is 0 Å². The lowest BCUT2D eigenvalue weighted by molar-refractivity contribution is 0.152. The number of fused-ring (bicyclic) bond motifs is 1. The molecule has 0 aliphatic heterocycles. The number of carbonyl (C=O) groups is 1. The largest absolute Gasteiger partial charge is 0.449 e. The number of hydrogen-bond donors (Lipinski definition) is 1. The first-order valence-electron chi connectivity index (χ1n) is 5.75. The molecule has 0 atom stereocenters. The second-order valence-corrected chi connectivity index (χ2v) is 3.66. The van der Waals surface area contributed by atoms with Gasteiger partial charge >= 0.3 is 6.09 Å². The molecular formula is C14H14N2O2. The Labute approximate surface area is 105 Å². The van der Waals surface area contributed by atoms with Crippen molar-refractivity contribution in [3.05, 3.63) is 48.0 Å². The van der Waals surface area contributed by atoms with Gasteiger partial charge in [-0.05, 0) is 17.7 Å². The predicted molar refractivity (Wildman–Crippen MR) is 71.7 cm³/mol. The van der Waals surface area contributed by atoms with Gasteiger partial charge in [0, 0.05) is 5.56 Å². The molecule has 1 N–H and O–H groups in total. The first-order valence-corrected chi connectivity index (χ1v) is 5.75. The smallest absolute Gasteiger partial charge is 0.427 e. The highest BCUT2D eigenvalue weighted by molar-refractivity contribution is 5.99. The minimum Gasteiger partial charge on any atom is -0.449 e. The molecule has 18 heavy (non-hydrogen) atoms. The third kappa shape index (κ3) is 2.85. The van der Waals surface area contributed by atoms with Crippen LogP contribution in [0.4, 0.5) is 4.79 Å². The number of hydrazone groups is 1. The molecule has 4 nitrogen and oxygen atoms in total. The maximum atomic E-state index is 11.0. The van der Waals surface area contributed by atoms with Crippen LogP contribution < -0.4 is 5.43 Å². The van der Waals surface area contributed by atoms with Crippen LogP contribution in [0.25, 0.3) is 10.8 Å². The number of nitrogens with zero attached hydrogens (tertiary/aromatic N) is 1. The number of rotatable bonds is 3. The van der Waals surface area contributed by atoms with Crippen molar-refractivity contribution in [2.45, 2.75) is 6.92 Å². The van der Waals surface area contributed by atoms with Crippen molar-refractivity contribution in [2.75, 3.05) is 6.61 Å². The van der Waals surface area contributed by atoms with Crippen molar-refractivity contribution < 1.29 is 9.53 Å². The Balaban J connectivity index is 2.16. The SMILES string of the molecule is CCOC(=O)N/N=C\c1cccc2ccccc12. The highest BCUT2D eigenvalue weighted by Gasteiger charge is 1.98. The molecule has 0 bridgehead atoms. The van der Waals surface area contributed by atoms with Gasteiger partial charge in [0.2, 0.25) is 0 Å². The lowest BCUT2D eigenvalue weighted by atomic mass is 10.1. The molecule has 2 aromatic carbocycles. The minimum absolute atomic E-state index is 0.329. The molecular weight excluding hydrogens is 228 g/mol. The number of benzene rings is 2. The van der Waals surface area contributed by atoms with Gasteiger partial charge in [0.25, 0.3) is 0 Å². The molecule has 0 spiro atoms. The van der Waals surface area contributed by atoms with Crippen LogP contribution >= 0.6 is 0 Å². The summed E-state index contributed by atoms with van der Waals surface area (Å²) in [7, 11) is 0. The summed E-state index contributed by atoms with van der Waals surface area (Å²) < 4.78 is 4.70. The Morgan fingerprint density at radius 3 is 2.89 bits per heavy atom. The molecule has 2 rings (SSSR count). The molecule has 0 fully saturated rings.